The van der Waals surface area contributed by atoms with Gasteiger partial charge in [0.15, 0.2) is 19.5 Å². The van der Waals surface area contributed by atoms with Crippen molar-refractivity contribution in [2.75, 3.05) is 25.6 Å². The summed E-state index contributed by atoms with van der Waals surface area (Å²) in [6.45, 7) is 9.15. The van der Waals surface area contributed by atoms with Gasteiger partial charge < -0.3 is 18.6 Å². The lowest BCUT2D eigenvalue weighted by Crippen LogP contribution is -2.39. The molecule has 0 bridgehead atoms. The first kappa shape index (κ1) is 23.8. The van der Waals surface area contributed by atoms with Crippen LogP contribution in [0.5, 0.6) is 5.75 Å². The second-order valence-electron chi connectivity index (χ2n) is 9.07. The number of H-pyrrole nitrogens is 1. The zero-order valence-electron chi connectivity index (χ0n) is 19.9. The molecular formula is C22H33N5O4Si. The van der Waals surface area contributed by atoms with Crippen molar-refractivity contribution in [1.82, 2.24) is 19.1 Å². The zero-order valence-corrected chi connectivity index (χ0v) is 20.9. The van der Waals surface area contributed by atoms with E-state index in [1.807, 2.05) is 35.7 Å². The molecule has 0 aliphatic heterocycles. The van der Waals surface area contributed by atoms with Crippen LogP contribution >= 0.6 is 0 Å². The zero-order chi connectivity index (χ0) is 23.6. The molecule has 0 spiro atoms. The standard InChI is InChI=1S/C22H33N5O4Si/c1-8-15-9-11-16(12-10-15)30-14-17(31-32(5,6)7)13-27-18-19(23-21(27)25(2)3)26(4)22(29)24-20(18)28/h9-12,17H,8,13-14H2,1-7H3,(H,24,28,29). The minimum Gasteiger partial charge on any atom is -0.491 e. The highest BCUT2D eigenvalue weighted by Gasteiger charge is 2.26. The summed E-state index contributed by atoms with van der Waals surface area (Å²) in [5.41, 5.74) is 0.966. The lowest BCUT2D eigenvalue weighted by atomic mass is 10.2. The highest BCUT2D eigenvalue weighted by Crippen LogP contribution is 2.21. The van der Waals surface area contributed by atoms with Crippen molar-refractivity contribution < 1.29 is 9.16 Å². The predicted octanol–water partition coefficient (Wildman–Crippen LogP) is 2.35. The van der Waals surface area contributed by atoms with Gasteiger partial charge in [-0.15, -0.1) is 0 Å². The molecule has 32 heavy (non-hydrogen) atoms. The van der Waals surface area contributed by atoms with Crippen molar-refractivity contribution >= 4 is 25.4 Å². The molecule has 0 saturated carbocycles. The Labute approximate surface area is 188 Å². The Balaban J connectivity index is 1.97. The van der Waals surface area contributed by atoms with Crippen LogP contribution in [0.3, 0.4) is 0 Å². The second kappa shape index (κ2) is 9.33. The largest absolute Gasteiger partial charge is 0.491 e. The van der Waals surface area contributed by atoms with Gasteiger partial charge in [-0.05, 0) is 43.8 Å². The van der Waals surface area contributed by atoms with Crippen LogP contribution in [0, 0.1) is 0 Å². The van der Waals surface area contributed by atoms with Gasteiger partial charge in [0.05, 0.1) is 12.6 Å². The first-order valence-electron chi connectivity index (χ1n) is 10.8. The van der Waals surface area contributed by atoms with Crippen LogP contribution < -0.4 is 20.9 Å². The lowest BCUT2D eigenvalue weighted by Gasteiger charge is -2.28. The van der Waals surface area contributed by atoms with Crippen molar-refractivity contribution in [3.63, 3.8) is 0 Å². The highest BCUT2D eigenvalue weighted by atomic mass is 28.4. The molecule has 3 aromatic rings. The molecule has 1 N–H and O–H groups in total. The van der Waals surface area contributed by atoms with Gasteiger partial charge in [0, 0.05) is 21.1 Å². The van der Waals surface area contributed by atoms with Gasteiger partial charge in [0.2, 0.25) is 5.95 Å². The monoisotopic (exact) mass is 459 g/mol. The Morgan fingerprint density at radius 1 is 1.16 bits per heavy atom. The van der Waals surface area contributed by atoms with Crippen LogP contribution in [0.15, 0.2) is 33.9 Å². The fourth-order valence-corrected chi connectivity index (χ4v) is 4.72. The minimum absolute atomic E-state index is 0.305. The van der Waals surface area contributed by atoms with Crippen molar-refractivity contribution in [3.05, 3.63) is 50.7 Å². The SMILES string of the molecule is CCc1ccc(OCC(Cn2c(N(C)C)nc3c2c(=O)[nH]c(=O)n3C)O[Si](C)(C)C)cc1. The van der Waals surface area contributed by atoms with Gasteiger partial charge in [0.25, 0.3) is 5.56 Å². The van der Waals surface area contributed by atoms with Gasteiger partial charge in [-0.3, -0.25) is 14.3 Å². The van der Waals surface area contributed by atoms with Crippen molar-refractivity contribution in [1.29, 1.82) is 0 Å². The summed E-state index contributed by atoms with van der Waals surface area (Å²) >= 11 is 0. The molecule has 10 heteroatoms. The first-order valence-corrected chi connectivity index (χ1v) is 14.2. The number of aromatic amines is 1. The van der Waals surface area contributed by atoms with E-state index in [0.29, 0.717) is 30.3 Å². The number of fused-ring (bicyclic) bond motifs is 1. The van der Waals surface area contributed by atoms with Gasteiger partial charge >= 0.3 is 5.69 Å². The Bertz CT molecular complexity index is 1190. The van der Waals surface area contributed by atoms with E-state index in [1.165, 1.54) is 10.1 Å². The fraction of sp³-hybridized carbons (Fsp3) is 0.500. The Morgan fingerprint density at radius 3 is 2.38 bits per heavy atom. The van der Waals surface area contributed by atoms with Gasteiger partial charge in [-0.1, -0.05) is 19.1 Å². The number of nitrogens with zero attached hydrogens (tertiary/aromatic N) is 4. The molecule has 174 valence electrons. The quantitative estimate of drug-likeness (QED) is 0.494. The maximum Gasteiger partial charge on any atom is 0.329 e. The summed E-state index contributed by atoms with van der Waals surface area (Å²) in [5, 5.41) is 0. The molecule has 2 aromatic heterocycles. The molecule has 0 fully saturated rings. The van der Waals surface area contributed by atoms with Gasteiger partial charge in [-0.25, -0.2) is 4.79 Å². The third-order valence-electron chi connectivity index (χ3n) is 5.06. The number of hydrogen-bond donors (Lipinski definition) is 1. The number of imidazole rings is 1. The maximum atomic E-state index is 12.7. The summed E-state index contributed by atoms with van der Waals surface area (Å²) in [5.74, 6) is 1.35. The molecule has 3 rings (SSSR count). The molecule has 0 radical (unpaired) electrons. The number of hydrogen-bond acceptors (Lipinski definition) is 6. The van der Waals surface area contributed by atoms with E-state index < -0.39 is 19.6 Å². The molecule has 0 saturated heterocycles. The van der Waals surface area contributed by atoms with Crippen LogP contribution in [0.2, 0.25) is 19.6 Å². The smallest absolute Gasteiger partial charge is 0.329 e. The van der Waals surface area contributed by atoms with Crippen LogP contribution in [0.4, 0.5) is 5.95 Å². The third-order valence-corrected chi connectivity index (χ3v) is 6.10. The Morgan fingerprint density at radius 2 is 1.81 bits per heavy atom. The van der Waals surface area contributed by atoms with E-state index in [-0.39, 0.29) is 6.10 Å². The summed E-state index contributed by atoms with van der Waals surface area (Å²) in [6.07, 6.45) is 0.667. The summed E-state index contributed by atoms with van der Waals surface area (Å²) in [7, 11) is 3.38. The minimum atomic E-state index is -1.92. The van der Waals surface area contributed by atoms with E-state index in [1.54, 1.807) is 7.05 Å². The van der Waals surface area contributed by atoms with Gasteiger partial charge in [0.1, 0.15) is 12.4 Å². The van der Waals surface area contributed by atoms with E-state index in [0.717, 1.165) is 12.2 Å². The lowest BCUT2D eigenvalue weighted by molar-refractivity contribution is 0.108. The number of ether oxygens (including phenoxy) is 1. The number of rotatable bonds is 9. The van der Waals surface area contributed by atoms with Crippen LogP contribution in [0.1, 0.15) is 12.5 Å². The van der Waals surface area contributed by atoms with Crippen molar-refractivity contribution in [3.8, 4) is 5.75 Å². The fourth-order valence-electron chi connectivity index (χ4n) is 3.58. The summed E-state index contributed by atoms with van der Waals surface area (Å²) in [6, 6.07) is 8.03. The first-order chi connectivity index (χ1) is 15.0. The third kappa shape index (κ3) is 5.31. The number of aromatic nitrogens is 4. The van der Waals surface area contributed by atoms with E-state index in [4.69, 9.17) is 9.16 Å². The van der Waals surface area contributed by atoms with Gasteiger partial charge in [-0.2, -0.15) is 4.98 Å². The van der Waals surface area contributed by atoms with Crippen LogP contribution in [0.25, 0.3) is 11.2 Å². The molecule has 1 atom stereocenters. The number of nitrogens with one attached hydrogen (secondary N) is 1. The average Bonchev–Trinajstić information content (AvgIpc) is 3.10. The Kier molecular flexibility index (Phi) is 6.94. The molecule has 0 amide bonds. The molecule has 2 heterocycles. The average molecular weight is 460 g/mol. The molecule has 0 aliphatic carbocycles. The second-order valence-corrected chi connectivity index (χ2v) is 13.5. The molecule has 1 unspecified atom stereocenters. The molecule has 0 aliphatic rings. The summed E-state index contributed by atoms with van der Waals surface area (Å²) in [4.78, 5) is 33.5. The number of benzene rings is 1. The molecule has 1 aromatic carbocycles. The highest BCUT2D eigenvalue weighted by molar-refractivity contribution is 6.69. The number of aryl methyl sites for hydroxylation is 2. The van der Waals surface area contributed by atoms with E-state index >= 15 is 0 Å². The molecule has 9 nitrogen and oxygen atoms in total. The van der Waals surface area contributed by atoms with Crippen molar-refractivity contribution in [2.45, 2.75) is 45.6 Å². The maximum absolute atomic E-state index is 12.7. The summed E-state index contributed by atoms with van der Waals surface area (Å²) < 4.78 is 15.6. The van der Waals surface area contributed by atoms with E-state index in [2.05, 4.69) is 48.7 Å². The van der Waals surface area contributed by atoms with Crippen LogP contribution in [-0.2, 0) is 24.4 Å². The topological polar surface area (TPSA) is 94.4 Å². The van der Waals surface area contributed by atoms with E-state index in [9.17, 15) is 9.59 Å². The normalized spacial score (nSPS) is 12.8. The predicted molar refractivity (Wildman–Crippen MR) is 129 cm³/mol. The number of anilines is 1. The van der Waals surface area contributed by atoms with Crippen molar-refractivity contribution in [2.24, 2.45) is 7.05 Å². The molecular weight excluding hydrogens is 426 g/mol. The Hall–Kier alpha value is -2.85. The van der Waals surface area contributed by atoms with Crippen LogP contribution in [-0.4, -0.2) is 54.2 Å².